The van der Waals surface area contributed by atoms with Gasteiger partial charge >= 0.3 is 0 Å². The smallest absolute Gasteiger partial charge is 0.121 e. The Bertz CT molecular complexity index is 611. The molecule has 106 valence electrons. The van der Waals surface area contributed by atoms with Gasteiger partial charge in [-0.25, -0.2) is 0 Å². The quantitative estimate of drug-likeness (QED) is 0.893. The minimum atomic E-state index is -0.0479. The number of phenolic OH excluding ortho intramolecular Hbond substituents is 1. The van der Waals surface area contributed by atoms with Crippen LogP contribution >= 0.6 is 0 Å². The fraction of sp³-hybridized carbons (Fsp3) is 0.312. The van der Waals surface area contributed by atoms with Crippen molar-refractivity contribution < 1.29 is 9.84 Å². The van der Waals surface area contributed by atoms with E-state index in [0.717, 1.165) is 28.4 Å². The first kappa shape index (κ1) is 14.2. The molecule has 0 saturated carbocycles. The highest BCUT2D eigenvalue weighted by Crippen LogP contribution is 2.30. The Balaban J connectivity index is 2.25. The lowest BCUT2D eigenvalue weighted by Crippen LogP contribution is -2.09. The van der Waals surface area contributed by atoms with Crippen LogP contribution in [0.25, 0.3) is 0 Å². The van der Waals surface area contributed by atoms with Gasteiger partial charge in [0.2, 0.25) is 0 Å². The molecule has 0 aliphatic carbocycles. The van der Waals surface area contributed by atoms with Gasteiger partial charge in [-0.15, -0.1) is 0 Å². The summed E-state index contributed by atoms with van der Waals surface area (Å²) in [5.74, 6) is 0.980. The second-order valence-electron chi connectivity index (χ2n) is 4.88. The topological polar surface area (TPSA) is 54.4 Å². The first-order valence-electron chi connectivity index (χ1n) is 6.59. The van der Waals surface area contributed by atoms with Gasteiger partial charge in [-0.1, -0.05) is 0 Å². The highest BCUT2D eigenvalue weighted by atomic mass is 16.5. The number of hydrogen-bond donors (Lipinski definition) is 2. The number of nitrogens with one attached hydrogen (secondary N) is 1. The maximum absolute atomic E-state index is 9.98. The van der Waals surface area contributed by atoms with Gasteiger partial charge in [0.25, 0.3) is 0 Å². The summed E-state index contributed by atoms with van der Waals surface area (Å²) >= 11 is 0. The summed E-state index contributed by atoms with van der Waals surface area (Å²) in [6.45, 7) is 5.93. The second kappa shape index (κ2) is 5.82. The van der Waals surface area contributed by atoms with Gasteiger partial charge in [0.1, 0.15) is 11.5 Å². The van der Waals surface area contributed by atoms with Gasteiger partial charge in [0.05, 0.1) is 24.5 Å². The van der Waals surface area contributed by atoms with Crippen LogP contribution in [0.15, 0.2) is 30.3 Å². The van der Waals surface area contributed by atoms with Crippen molar-refractivity contribution in [2.24, 2.45) is 0 Å². The molecule has 0 aliphatic rings. The van der Waals surface area contributed by atoms with Gasteiger partial charge in [0, 0.05) is 11.3 Å². The molecular weight excluding hydrogens is 252 g/mol. The first-order chi connectivity index (χ1) is 9.51. The third-order valence-electron chi connectivity index (χ3n) is 3.30. The van der Waals surface area contributed by atoms with Crippen molar-refractivity contribution in [1.29, 1.82) is 0 Å². The van der Waals surface area contributed by atoms with E-state index in [1.807, 2.05) is 39.0 Å². The highest BCUT2D eigenvalue weighted by Gasteiger charge is 2.13. The van der Waals surface area contributed by atoms with Crippen molar-refractivity contribution in [3.05, 3.63) is 47.3 Å². The fourth-order valence-corrected chi connectivity index (χ4v) is 2.16. The SMILES string of the molecule is COc1ccc(O)c(C(C)Nc2ccc(C)nc2C)c1. The lowest BCUT2D eigenvalue weighted by Gasteiger charge is -2.19. The van der Waals surface area contributed by atoms with E-state index in [-0.39, 0.29) is 11.8 Å². The van der Waals surface area contributed by atoms with E-state index in [1.165, 1.54) is 0 Å². The fourth-order valence-electron chi connectivity index (χ4n) is 2.16. The third kappa shape index (κ3) is 3.02. The molecule has 0 spiro atoms. The summed E-state index contributed by atoms with van der Waals surface area (Å²) in [6.07, 6.45) is 0. The number of hydrogen-bond acceptors (Lipinski definition) is 4. The molecule has 1 aromatic heterocycles. The molecule has 2 rings (SSSR count). The molecule has 1 unspecified atom stereocenters. The van der Waals surface area contributed by atoms with E-state index in [1.54, 1.807) is 19.2 Å². The van der Waals surface area contributed by atoms with Crippen molar-refractivity contribution in [3.63, 3.8) is 0 Å². The average Bonchev–Trinajstić information content (AvgIpc) is 2.42. The van der Waals surface area contributed by atoms with Crippen LogP contribution in [0.1, 0.15) is 29.9 Å². The van der Waals surface area contributed by atoms with Crippen LogP contribution < -0.4 is 10.1 Å². The number of phenols is 1. The zero-order chi connectivity index (χ0) is 14.7. The Labute approximate surface area is 119 Å². The number of rotatable bonds is 4. The Morgan fingerprint density at radius 2 is 1.95 bits per heavy atom. The summed E-state index contributed by atoms with van der Waals surface area (Å²) < 4.78 is 5.20. The predicted molar refractivity (Wildman–Crippen MR) is 80.4 cm³/mol. The van der Waals surface area contributed by atoms with E-state index >= 15 is 0 Å². The van der Waals surface area contributed by atoms with Gasteiger partial charge in [0.15, 0.2) is 0 Å². The molecule has 0 fully saturated rings. The largest absolute Gasteiger partial charge is 0.508 e. The molecule has 2 N–H and O–H groups in total. The minimum Gasteiger partial charge on any atom is -0.508 e. The normalized spacial score (nSPS) is 12.0. The molecule has 20 heavy (non-hydrogen) atoms. The maximum atomic E-state index is 9.98. The van der Waals surface area contributed by atoms with Gasteiger partial charge < -0.3 is 15.2 Å². The lowest BCUT2D eigenvalue weighted by atomic mass is 10.1. The number of nitrogens with zero attached hydrogens (tertiary/aromatic N) is 1. The van der Waals surface area contributed by atoms with Crippen LogP contribution in [-0.2, 0) is 0 Å². The van der Waals surface area contributed by atoms with Crippen molar-refractivity contribution in [2.75, 3.05) is 12.4 Å². The molecule has 0 radical (unpaired) electrons. The van der Waals surface area contributed by atoms with Crippen LogP contribution in [-0.4, -0.2) is 17.2 Å². The molecule has 1 heterocycles. The molecule has 4 heteroatoms. The van der Waals surface area contributed by atoms with Crippen LogP contribution in [0, 0.1) is 13.8 Å². The molecular formula is C16H20N2O2. The average molecular weight is 272 g/mol. The summed E-state index contributed by atoms with van der Waals surface area (Å²) in [7, 11) is 1.61. The number of aromatic hydroxyl groups is 1. The third-order valence-corrected chi connectivity index (χ3v) is 3.30. The Morgan fingerprint density at radius 3 is 2.60 bits per heavy atom. The van der Waals surface area contributed by atoms with Crippen molar-refractivity contribution >= 4 is 5.69 Å². The van der Waals surface area contributed by atoms with E-state index in [2.05, 4.69) is 10.3 Å². The Kier molecular flexibility index (Phi) is 4.13. The Hall–Kier alpha value is -2.23. The zero-order valence-electron chi connectivity index (χ0n) is 12.3. The molecule has 0 aliphatic heterocycles. The summed E-state index contributed by atoms with van der Waals surface area (Å²) in [5.41, 5.74) is 3.69. The number of methoxy groups -OCH3 is 1. The number of pyridine rings is 1. The summed E-state index contributed by atoms with van der Waals surface area (Å²) in [4.78, 5) is 4.43. The van der Waals surface area contributed by atoms with Gasteiger partial charge in [-0.2, -0.15) is 0 Å². The Morgan fingerprint density at radius 1 is 1.20 bits per heavy atom. The molecule has 0 bridgehead atoms. The van der Waals surface area contributed by atoms with Gasteiger partial charge in [-0.3, -0.25) is 4.98 Å². The van der Waals surface area contributed by atoms with Crippen LogP contribution in [0.3, 0.4) is 0 Å². The number of ether oxygens (including phenoxy) is 1. The molecule has 4 nitrogen and oxygen atoms in total. The number of anilines is 1. The van der Waals surface area contributed by atoms with Crippen molar-refractivity contribution in [3.8, 4) is 11.5 Å². The van der Waals surface area contributed by atoms with Crippen LogP contribution in [0.4, 0.5) is 5.69 Å². The molecule has 1 atom stereocenters. The highest BCUT2D eigenvalue weighted by molar-refractivity contribution is 5.51. The second-order valence-corrected chi connectivity index (χ2v) is 4.88. The maximum Gasteiger partial charge on any atom is 0.121 e. The molecule has 0 amide bonds. The van der Waals surface area contributed by atoms with Crippen LogP contribution in [0.5, 0.6) is 11.5 Å². The standard InChI is InChI=1S/C16H20N2O2/c1-10-5-7-15(12(3)17-10)18-11(2)14-9-13(20-4)6-8-16(14)19/h5-9,11,18-19H,1-4H3. The zero-order valence-corrected chi connectivity index (χ0v) is 12.3. The van der Waals surface area contributed by atoms with E-state index in [0.29, 0.717) is 0 Å². The van der Waals surface area contributed by atoms with Crippen molar-refractivity contribution in [1.82, 2.24) is 4.98 Å². The minimum absolute atomic E-state index is 0.0479. The summed E-state index contributed by atoms with van der Waals surface area (Å²) in [5, 5.41) is 13.3. The number of aromatic nitrogens is 1. The molecule has 0 saturated heterocycles. The molecule has 2 aromatic rings. The number of aryl methyl sites for hydroxylation is 2. The monoisotopic (exact) mass is 272 g/mol. The van der Waals surface area contributed by atoms with E-state index in [9.17, 15) is 5.11 Å². The first-order valence-corrected chi connectivity index (χ1v) is 6.59. The van der Waals surface area contributed by atoms with Crippen molar-refractivity contribution in [2.45, 2.75) is 26.8 Å². The van der Waals surface area contributed by atoms with E-state index in [4.69, 9.17) is 4.74 Å². The van der Waals surface area contributed by atoms with E-state index < -0.39 is 0 Å². The van der Waals surface area contributed by atoms with Crippen LogP contribution in [0.2, 0.25) is 0 Å². The number of benzene rings is 1. The van der Waals surface area contributed by atoms with Gasteiger partial charge in [-0.05, 0) is 51.1 Å². The predicted octanol–water partition coefficient (Wildman–Crippen LogP) is 3.59. The summed E-state index contributed by atoms with van der Waals surface area (Å²) in [6, 6.07) is 9.15. The molecule has 1 aromatic carbocycles. The lowest BCUT2D eigenvalue weighted by molar-refractivity contribution is 0.410.